The maximum atomic E-state index is 11.2. The summed E-state index contributed by atoms with van der Waals surface area (Å²) < 4.78 is 12.5. The fourth-order valence-corrected chi connectivity index (χ4v) is 2.65. The van der Waals surface area contributed by atoms with Gasteiger partial charge in [-0.3, -0.25) is 0 Å². The Hall–Kier alpha value is -1.40. The van der Waals surface area contributed by atoms with Gasteiger partial charge >= 0.3 is 5.97 Å². The van der Waals surface area contributed by atoms with Gasteiger partial charge in [0.2, 0.25) is 0 Å². The summed E-state index contributed by atoms with van der Waals surface area (Å²) in [6, 6.07) is 1.13. The van der Waals surface area contributed by atoms with Crippen molar-refractivity contribution in [2.45, 2.75) is 52.2 Å². The minimum Gasteiger partial charge on any atom is -0.466 e. The smallest absolute Gasteiger partial charge is 0.330 e. The molecule has 0 amide bonds. The molecule has 0 spiro atoms. The summed E-state index contributed by atoms with van der Waals surface area (Å²) in [6.45, 7) is 12.4. The molecule has 0 aliphatic rings. The van der Waals surface area contributed by atoms with Crippen molar-refractivity contribution in [1.29, 1.82) is 0 Å². The van der Waals surface area contributed by atoms with Crippen molar-refractivity contribution >= 4 is 20.1 Å². The predicted octanol–water partition coefficient (Wildman–Crippen LogP) is 3.51. The first-order valence-electron chi connectivity index (χ1n) is 7.64. The number of hydrogen-bond acceptors (Lipinski definition) is 4. The fraction of sp³-hybridized carbons (Fsp3) is 0.625. The highest BCUT2D eigenvalue weighted by atomic mass is 28.3. The molecule has 0 aliphatic heterocycles. The van der Waals surface area contributed by atoms with Crippen LogP contribution in [0.4, 0.5) is 0 Å². The molecule has 1 aromatic rings. The number of carbonyl (C=O) groups is 1. The van der Waals surface area contributed by atoms with Crippen molar-refractivity contribution in [1.82, 2.24) is 9.55 Å². The Labute approximate surface area is 134 Å². The van der Waals surface area contributed by atoms with Crippen molar-refractivity contribution in [3.63, 3.8) is 0 Å². The SMILES string of the molecule is COC(=O)/C=C/c1cnc(C(C)C)n1COCC[Si](C)(C)C. The molecule has 0 radical (unpaired) electrons. The van der Waals surface area contributed by atoms with Crippen LogP contribution in [0, 0.1) is 0 Å². The van der Waals surface area contributed by atoms with E-state index in [4.69, 9.17) is 4.74 Å². The lowest BCUT2D eigenvalue weighted by Crippen LogP contribution is -2.22. The molecule has 1 rings (SSSR count). The third kappa shape index (κ3) is 6.15. The Kier molecular flexibility index (Phi) is 7.02. The first-order chi connectivity index (χ1) is 10.2. The number of nitrogens with zero attached hydrogens (tertiary/aromatic N) is 2. The maximum absolute atomic E-state index is 11.2. The summed E-state index contributed by atoms with van der Waals surface area (Å²) in [4.78, 5) is 15.7. The van der Waals surface area contributed by atoms with Gasteiger partial charge in [-0.15, -0.1) is 0 Å². The van der Waals surface area contributed by atoms with Crippen molar-refractivity contribution in [2.75, 3.05) is 13.7 Å². The van der Waals surface area contributed by atoms with Crippen LogP contribution < -0.4 is 0 Å². The average molecular weight is 324 g/mol. The zero-order valence-corrected chi connectivity index (χ0v) is 15.5. The highest BCUT2D eigenvalue weighted by molar-refractivity contribution is 6.76. The second-order valence-electron chi connectivity index (χ2n) is 6.83. The van der Waals surface area contributed by atoms with Crippen LogP contribution in [0.5, 0.6) is 0 Å². The van der Waals surface area contributed by atoms with Gasteiger partial charge in [-0.25, -0.2) is 9.78 Å². The van der Waals surface area contributed by atoms with E-state index in [2.05, 4.69) is 43.2 Å². The molecule has 22 heavy (non-hydrogen) atoms. The summed E-state index contributed by atoms with van der Waals surface area (Å²) in [5.74, 6) is 0.872. The largest absolute Gasteiger partial charge is 0.466 e. The summed E-state index contributed by atoms with van der Waals surface area (Å²) in [7, 11) is 0.276. The molecule has 0 saturated heterocycles. The number of aromatic nitrogens is 2. The predicted molar refractivity (Wildman–Crippen MR) is 91.5 cm³/mol. The molecule has 1 heterocycles. The van der Waals surface area contributed by atoms with Crippen LogP contribution in [0.2, 0.25) is 25.7 Å². The molecular weight excluding hydrogens is 296 g/mol. The minimum absolute atomic E-state index is 0.292. The van der Waals surface area contributed by atoms with Crippen LogP contribution in [0.25, 0.3) is 6.08 Å². The van der Waals surface area contributed by atoms with E-state index < -0.39 is 8.07 Å². The van der Waals surface area contributed by atoms with Crippen LogP contribution in [0.3, 0.4) is 0 Å². The summed E-state index contributed by atoms with van der Waals surface area (Å²) in [5, 5.41) is 0. The summed E-state index contributed by atoms with van der Waals surface area (Å²) >= 11 is 0. The van der Waals surface area contributed by atoms with Gasteiger partial charge in [-0.2, -0.15) is 0 Å². The number of imidazole rings is 1. The monoisotopic (exact) mass is 324 g/mol. The molecular formula is C16H28N2O3Si. The first kappa shape index (κ1) is 18.6. The summed E-state index contributed by atoms with van der Waals surface area (Å²) in [6.07, 6.45) is 4.88. The quantitative estimate of drug-likeness (QED) is 0.318. The second kappa shape index (κ2) is 8.29. The fourth-order valence-electron chi connectivity index (χ4n) is 1.89. The normalized spacial score (nSPS) is 12.3. The van der Waals surface area contributed by atoms with Crippen molar-refractivity contribution in [2.24, 2.45) is 0 Å². The lowest BCUT2D eigenvalue weighted by Gasteiger charge is -2.17. The highest BCUT2D eigenvalue weighted by Gasteiger charge is 2.14. The Morgan fingerprint density at radius 1 is 1.41 bits per heavy atom. The lowest BCUT2D eigenvalue weighted by atomic mass is 10.2. The second-order valence-corrected chi connectivity index (χ2v) is 12.4. The number of hydrogen-bond donors (Lipinski definition) is 0. The first-order valence-corrected chi connectivity index (χ1v) is 11.3. The molecule has 124 valence electrons. The Morgan fingerprint density at radius 2 is 2.09 bits per heavy atom. The molecule has 0 atom stereocenters. The molecule has 1 aromatic heterocycles. The number of esters is 1. The third-order valence-electron chi connectivity index (χ3n) is 3.24. The van der Waals surface area contributed by atoms with E-state index in [0.717, 1.165) is 24.2 Å². The maximum Gasteiger partial charge on any atom is 0.330 e. The molecule has 0 saturated carbocycles. The topological polar surface area (TPSA) is 53.3 Å². The van der Waals surface area contributed by atoms with E-state index >= 15 is 0 Å². The molecule has 6 heteroatoms. The summed E-state index contributed by atoms with van der Waals surface area (Å²) in [5.41, 5.74) is 0.849. The van der Waals surface area contributed by atoms with Gasteiger partial charge in [0.25, 0.3) is 0 Å². The molecule has 0 unspecified atom stereocenters. The molecule has 5 nitrogen and oxygen atoms in total. The van der Waals surface area contributed by atoms with E-state index in [-0.39, 0.29) is 5.97 Å². The lowest BCUT2D eigenvalue weighted by molar-refractivity contribution is -0.134. The van der Waals surface area contributed by atoms with E-state index in [0.29, 0.717) is 12.6 Å². The van der Waals surface area contributed by atoms with Gasteiger partial charge in [0.15, 0.2) is 0 Å². The number of carbonyl (C=O) groups excluding carboxylic acids is 1. The standard InChI is InChI=1S/C16H28N2O3Si/c1-13(2)16-17-11-14(7-8-15(19)20-3)18(16)12-21-9-10-22(4,5)6/h7-8,11,13H,9-10,12H2,1-6H3/b8-7+. The van der Waals surface area contributed by atoms with E-state index in [1.807, 2.05) is 4.57 Å². The van der Waals surface area contributed by atoms with E-state index in [1.54, 1.807) is 12.3 Å². The molecule has 0 N–H and O–H groups in total. The van der Waals surface area contributed by atoms with Crippen LogP contribution in [-0.4, -0.2) is 37.3 Å². The molecule has 0 bridgehead atoms. The Morgan fingerprint density at radius 3 is 2.64 bits per heavy atom. The zero-order valence-electron chi connectivity index (χ0n) is 14.5. The van der Waals surface area contributed by atoms with Crippen molar-refractivity contribution in [3.05, 3.63) is 23.8 Å². The molecule has 0 aromatic carbocycles. The van der Waals surface area contributed by atoms with Crippen LogP contribution >= 0.6 is 0 Å². The zero-order chi connectivity index (χ0) is 16.8. The van der Waals surface area contributed by atoms with Gasteiger partial charge < -0.3 is 14.0 Å². The van der Waals surface area contributed by atoms with Crippen LogP contribution in [0.1, 0.15) is 31.3 Å². The van der Waals surface area contributed by atoms with Crippen molar-refractivity contribution < 1.29 is 14.3 Å². The van der Waals surface area contributed by atoms with Crippen LogP contribution in [0.15, 0.2) is 12.3 Å². The number of rotatable bonds is 8. The Bertz CT molecular complexity index is 516. The minimum atomic E-state index is -1.09. The van der Waals surface area contributed by atoms with Crippen molar-refractivity contribution in [3.8, 4) is 0 Å². The van der Waals surface area contributed by atoms with E-state index in [9.17, 15) is 4.79 Å². The number of methoxy groups -OCH3 is 1. The van der Waals surface area contributed by atoms with E-state index in [1.165, 1.54) is 13.2 Å². The third-order valence-corrected chi connectivity index (χ3v) is 4.95. The van der Waals surface area contributed by atoms with Gasteiger partial charge in [0, 0.05) is 26.7 Å². The van der Waals surface area contributed by atoms with Gasteiger partial charge in [0.1, 0.15) is 12.6 Å². The average Bonchev–Trinajstić information content (AvgIpc) is 2.83. The molecule has 0 fully saturated rings. The highest BCUT2D eigenvalue weighted by Crippen LogP contribution is 2.17. The molecule has 0 aliphatic carbocycles. The Balaban J connectivity index is 2.78. The number of ether oxygens (including phenoxy) is 2. The van der Waals surface area contributed by atoms with Gasteiger partial charge in [-0.05, 0) is 12.1 Å². The van der Waals surface area contributed by atoms with Crippen LogP contribution in [-0.2, 0) is 21.0 Å². The van der Waals surface area contributed by atoms with Gasteiger partial charge in [0.05, 0.1) is 19.0 Å². The van der Waals surface area contributed by atoms with Gasteiger partial charge in [-0.1, -0.05) is 33.5 Å².